The van der Waals surface area contributed by atoms with E-state index >= 15 is 0 Å². The molecule has 0 bridgehead atoms. The molecule has 0 saturated heterocycles. The molecular weight excluding hydrogens is 249 g/mol. The SMILES string of the molecule is COc1ccc(F)cc1[C@H](C)NCc1cccs1. The molecule has 2 rings (SSSR count). The zero-order valence-corrected chi connectivity index (χ0v) is 11.3. The minimum absolute atomic E-state index is 0.0396. The molecule has 0 fully saturated rings. The maximum absolute atomic E-state index is 13.3. The molecule has 96 valence electrons. The van der Waals surface area contributed by atoms with Gasteiger partial charge in [-0.25, -0.2) is 4.39 Å². The highest BCUT2D eigenvalue weighted by molar-refractivity contribution is 7.09. The summed E-state index contributed by atoms with van der Waals surface area (Å²) in [6.07, 6.45) is 0. The van der Waals surface area contributed by atoms with Crippen molar-refractivity contribution >= 4 is 11.3 Å². The molecule has 1 aromatic carbocycles. The van der Waals surface area contributed by atoms with Crippen LogP contribution in [0.15, 0.2) is 35.7 Å². The van der Waals surface area contributed by atoms with Gasteiger partial charge in [-0.05, 0) is 36.6 Å². The van der Waals surface area contributed by atoms with E-state index in [0.717, 1.165) is 12.1 Å². The number of methoxy groups -OCH3 is 1. The van der Waals surface area contributed by atoms with Crippen LogP contribution in [-0.2, 0) is 6.54 Å². The van der Waals surface area contributed by atoms with Crippen molar-refractivity contribution in [3.05, 3.63) is 52.0 Å². The summed E-state index contributed by atoms with van der Waals surface area (Å²) in [6.45, 7) is 2.78. The van der Waals surface area contributed by atoms with Crippen LogP contribution in [-0.4, -0.2) is 7.11 Å². The van der Waals surface area contributed by atoms with Gasteiger partial charge in [0.1, 0.15) is 11.6 Å². The molecule has 1 N–H and O–H groups in total. The standard InChI is InChI=1S/C14H16FNOS/c1-10(16-9-12-4-3-7-18-12)13-8-11(15)5-6-14(13)17-2/h3-8,10,16H,9H2,1-2H3/t10-/m0/s1. The molecule has 18 heavy (non-hydrogen) atoms. The number of hydrogen-bond donors (Lipinski definition) is 1. The number of thiophene rings is 1. The van der Waals surface area contributed by atoms with Crippen molar-refractivity contribution in [2.75, 3.05) is 7.11 Å². The highest BCUT2D eigenvalue weighted by Gasteiger charge is 2.12. The molecule has 0 aliphatic heterocycles. The van der Waals surface area contributed by atoms with Gasteiger partial charge in [-0.2, -0.15) is 0 Å². The zero-order chi connectivity index (χ0) is 13.0. The fraction of sp³-hybridized carbons (Fsp3) is 0.286. The molecule has 1 aromatic heterocycles. The van der Waals surface area contributed by atoms with Crippen molar-refractivity contribution in [1.29, 1.82) is 0 Å². The van der Waals surface area contributed by atoms with Crippen LogP contribution in [0.25, 0.3) is 0 Å². The van der Waals surface area contributed by atoms with Gasteiger partial charge in [0, 0.05) is 23.0 Å². The third-order valence-corrected chi connectivity index (χ3v) is 3.70. The maximum Gasteiger partial charge on any atom is 0.123 e. The van der Waals surface area contributed by atoms with Crippen molar-refractivity contribution in [3.8, 4) is 5.75 Å². The van der Waals surface area contributed by atoms with Crippen LogP contribution >= 0.6 is 11.3 Å². The van der Waals surface area contributed by atoms with E-state index in [1.165, 1.54) is 17.0 Å². The summed E-state index contributed by atoms with van der Waals surface area (Å²) in [6, 6.07) is 8.73. The summed E-state index contributed by atoms with van der Waals surface area (Å²) < 4.78 is 18.5. The second-order valence-electron chi connectivity index (χ2n) is 4.07. The van der Waals surface area contributed by atoms with Crippen molar-refractivity contribution in [2.24, 2.45) is 0 Å². The Bertz CT molecular complexity index is 499. The Morgan fingerprint density at radius 3 is 2.89 bits per heavy atom. The van der Waals surface area contributed by atoms with Gasteiger partial charge in [0.15, 0.2) is 0 Å². The van der Waals surface area contributed by atoms with Crippen molar-refractivity contribution in [1.82, 2.24) is 5.32 Å². The Morgan fingerprint density at radius 1 is 1.39 bits per heavy atom. The second kappa shape index (κ2) is 5.98. The zero-order valence-electron chi connectivity index (χ0n) is 10.4. The van der Waals surface area contributed by atoms with E-state index < -0.39 is 0 Å². The number of benzene rings is 1. The van der Waals surface area contributed by atoms with Gasteiger partial charge < -0.3 is 10.1 Å². The topological polar surface area (TPSA) is 21.3 Å². The molecule has 2 nitrogen and oxygen atoms in total. The van der Waals surface area contributed by atoms with E-state index in [-0.39, 0.29) is 11.9 Å². The van der Waals surface area contributed by atoms with Gasteiger partial charge in [-0.15, -0.1) is 11.3 Å². The molecule has 0 radical (unpaired) electrons. The van der Waals surface area contributed by atoms with Crippen LogP contribution in [0, 0.1) is 5.82 Å². The lowest BCUT2D eigenvalue weighted by Gasteiger charge is -2.17. The second-order valence-corrected chi connectivity index (χ2v) is 5.10. The lowest BCUT2D eigenvalue weighted by atomic mass is 10.1. The number of rotatable bonds is 5. The number of halogens is 1. The predicted molar refractivity (Wildman–Crippen MR) is 72.5 cm³/mol. The first kappa shape index (κ1) is 13.1. The lowest BCUT2D eigenvalue weighted by molar-refractivity contribution is 0.400. The summed E-state index contributed by atoms with van der Waals surface area (Å²) in [4.78, 5) is 1.26. The van der Waals surface area contributed by atoms with Crippen molar-refractivity contribution < 1.29 is 9.13 Å². The van der Waals surface area contributed by atoms with Crippen molar-refractivity contribution in [2.45, 2.75) is 19.5 Å². The predicted octanol–water partition coefficient (Wildman–Crippen LogP) is 3.75. The van der Waals surface area contributed by atoms with E-state index in [0.29, 0.717) is 5.75 Å². The van der Waals surface area contributed by atoms with Crippen LogP contribution in [0.4, 0.5) is 4.39 Å². The highest BCUT2D eigenvalue weighted by Crippen LogP contribution is 2.26. The Labute approximate surface area is 110 Å². The monoisotopic (exact) mass is 265 g/mol. The minimum atomic E-state index is -0.240. The summed E-state index contributed by atoms with van der Waals surface area (Å²) in [5, 5.41) is 5.41. The summed E-state index contributed by atoms with van der Waals surface area (Å²) in [5.41, 5.74) is 0.842. The van der Waals surface area contributed by atoms with E-state index in [9.17, 15) is 4.39 Å². The fourth-order valence-corrected chi connectivity index (χ4v) is 2.48. The van der Waals surface area contributed by atoms with Gasteiger partial charge in [-0.3, -0.25) is 0 Å². The number of hydrogen-bond acceptors (Lipinski definition) is 3. The number of ether oxygens (including phenoxy) is 1. The summed E-state index contributed by atoms with van der Waals surface area (Å²) in [7, 11) is 1.60. The van der Waals surface area contributed by atoms with Gasteiger partial charge in [0.2, 0.25) is 0 Å². The molecule has 0 unspecified atom stereocenters. The molecule has 2 aromatic rings. The average Bonchev–Trinajstić information content (AvgIpc) is 2.89. The van der Waals surface area contributed by atoms with Crippen LogP contribution < -0.4 is 10.1 Å². The summed E-state index contributed by atoms with van der Waals surface area (Å²) >= 11 is 1.71. The fourth-order valence-electron chi connectivity index (χ4n) is 1.82. The minimum Gasteiger partial charge on any atom is -0.496 e. The Balaban J connectivity index is 2.08. The molecule has 4 heteroatoms. The Morgan fingerprint density at radius 2 is 2.22 bits per heavy atom. The lowest BCUT2D eigenvalue weighted by Crippen LogP contribution is -2.18. The van der Waals surface area contributed by atoms with Crippen LogP contribution in [0.3, 0.4) is 0 Å². The smallest absolute Gasteiger partial charge is 0.123 e. The van der Waals surface area contributed by atoms with Crippen molar-refractivity contribution in [3.63, 3.8) is 0 Å². The first-order valence-electron chi connectivity index (χ1n) is 5.80. The molecule has 1 atom stereocenters. The van der Waals surface area contributed by atoms with E-state index in [1.807, 2.05) is 18.4 Å². The van der Waals surface area contributed by atoms with E-state index in [4.69, 9.17) is 4.74 Å². The summed E-state index contributed by atoms with van der Waals surface area (Å²) in [5.74, 6) is 0.471. The first-order chi connectivity index (χ1) is 8.70. The third-order valence-electron chi connectivity index (χ3n) is 2.82. The molecular formula is C14H16FNOS. The quantitative estimate of drug-likeness (QED) is 0.889. The van der Waals surface area contributed by atoms with Crippen LogP contribution in [0.5, 0.6) is 5.75 Å². The van der Waals surface area contributed by atoms with E-state index in [1.54, 1.807) is 24.5 Å². The van der Waals surface area contributed by atoms with Gasteiger partial charge in [-0.1, -0.05) is 6.07 Å². The Kier molecular flexibility index (Phi) is 4.33. The van der Waals surface area contributed by atoms with Crippen LogP contribution in [0.1, 0.15) is 23.4 Å². The molecule has 0 aliphatic carbocycles. The average molecular weight is 265 g/mol. The molecule has 0 saturated carbocycles. The van der Waals surface area contributed by atoms with Crippen LogP contribution in [0.2, 0.25) is 0 Å². The maximum atomic E-state index is 13.3. The highest BCUT2D eigenvalue weighted by atomic mass is 32.1. The van der Waals surface area contributed by atoms with Gasteiger partial charge in [0.05, 0.1) is 7.11 Å². The largest absolute Gasteiger partial charge is 0.496 e. The van der Waals surface area contributed by atoms with Gasteiger partial charge in [0.25, 0.3) is 0 Å². The Hall–Kier alpha value is -1.39. The number of nitrogens with one attached hydrogen (secondary N) is 1. The molecule has 0 amide bonds. The van der Waals surface area contributed by atoms with Gasteiger partial charge >= 0.3 is 0 Å². The molecule has 1 heterocycles. The third kappa shape index (κ3) is 3.09. The molecule has 0 aliphatic rings. The van der Waals surface area contributed by atoms with E-state index in [2.05, 4.69) is 11.4 Å². The molecule has 0 spiro atoms. The first-order valence-corrected chi connectivity index (χ1v) is 6.68. The normalized spacial score (nSPS) is 12.4.